The number of nitrogens with two attached hydrogens (primary N) is 1. The van der Waals surface area contributed by atoms with Gasteiger partial charge in [0.25, 0.3) is 5.91 Å². The Hall–Kier alpha value is -3.17. The Balaban J connectivity index is 1.91. The summed E-state index contributed by atoms with van der Waals surface area (Å²) in [6, 6.07) is 11.0. The lowest BCUT2D eigenvalue weighted by Crippen LogP contribution is -2.21. The molecule has 0 unspecified atom stereocenters. The molecule has 29 heavy (non-hydrogen) atoms. The van der Waals surface area contributed by atoms with Crippen molar-refractivity contribution in [1.82, 2.24) is 0 Å². The summed E-state index contributed by atoms with van der Waals surface area (Å²) >= 11 is 0. The van der Waals surface area contributed by atoms with Gasteiger partial charge in [0.15, 0.2) is 11.5 Å². The van der Waals surface area contributed by atoms with Gasteiger partial charge < -0.3 is 9.47 Å². The van der Waals surface area contributed by atoms with Gasteiger partial charge in [0.2, 0.25) is 10.0 Å². The lowest BCUT2D eigenvalue weighted by Gasteiger charge is -2.12. The smallest absolute Gasteiger partial charge is 0.280 e. The molecule has 2 N–H and O–H groups in total. The zero-order valence-corrected chi connectivity index (χ0v) is 17.1. The SMILES string of the molecule is CCOc1cc(C=C2C(=O)N(c3ccc(S(N)(=O)=O)cc3)N=C2C)ccc1OC. The normalized spacial score (nSPS) is 15.6. The lowest BCUT2D eigenvalue weighted by atomic mass is 10.1. The van der Waals surface area contributed by atoms with Crippen molar-refractivity contribution in [2.75, 3.05) is 18.7 Å². The van der Waals surface area contributed by atoms with Crippen LogP contribution in [0.5, 0.6) is 11.5 Å². The molecule has 1 amide bonds. The quantitative estimate of drug-likeness (QED) is 0.729. The molecule has 0 saturated carbocycles. The van der Waals surface area contributed by atoms with Gasteiger partial charge in [0, 0.05) is 0 Å². The minimum absolute atomic E-state index is 0.0361. The molecule has 152 valence electrons. The number of hydrogen-bond donors (Lipinski definition) is 1. The number of rotatable bonds is 6. The van der Waals surface area contributed by atoms with E-state index in [9.17, 15) is 13.2 Å². The fourth-order valence-corrected chi connectivity index (χ4v) is 3.37. The highest BCUT2D eigenvalue weighted by Gasteiger charge is 2.29. The first-order valence-electron chi connectivity index (χ1n) is 8.80. The predicted octanol–water partition coefficient (Wildman–Crippen LogP) is 2.55. The summed E-state index contributed by atoms with van der Waals surface area (Å²) in [6.45, 7) is 4.09. The zero-order valence-electron chi connectivity index (χ0n) is 16.2. The van der Waals surface area contributed by atoms with Crippen LogP contribution in [0.3, 0.4) is 0 Å². The number of hydrazone groups is 1. The van der Waals surface area contributed by atoms with E-state index in [2.05, 4.69) is 5.10 Å². The number of carbonyl (C=O) groups is 1. The van der Waals surface area contributed by atoms with Crippen molar-refractivity contribution in [2.45, 2.75) is 18.7 Å². The van der Waals surface area contributed by atoms with Gasteiger partial charge >= 0.3 is 0 Å². The number of hydrogen-bond acceptors (Lipinski definition) is 6. The molecule has 2 aromatic rings. The Morgan fingerprint density at radius 1 is 1.14 bits per heavy atom. The number of anilines is 1. The van der Waals surface area contributed by atoms with Crippen molar-refractivity contribution in [3.05, 3.63) is 53.6 Å². The number of methoxy groups -OCH3 is 1. The van der Waals surface area contributed by atoms with Crippen LogP contribution < -0.4 is 19.6 Å². The molecule has 1 aliphatic rings. The van der Waals surface area contributed by atoms with E-state index in [1.807, 2.05) is 13.0 Å². The molecule has 0 fully saturated rings. The molecule has 2 aromatic carbocycles. The fraction of sp³-hybridized carbons (Fsp3) is 0.200. The van der Waals surface area contributed by atoms with E-state index in [-0.39, 0.29) is 10.8 Å². The van der Waals surface area contributed by atoms with Crippen LogP contribution in [-0.2, 0) is 14.8 Å². The molecular weight excluding hydrogens is 394 g/mol. The van der Waals surface area contributed by atoms with Crippen LogP contribution >= 0.6 is 0 Å². The van der Waals surface area contributed by atoms with E-state index in [4.69, 9.17) is 14.6 Å². The van der Waals surface area contributed by atoms with Crippen LogP contribution in [-0.4, -0.2) is 33.8 Å². The predicted molar refractivity (Wildman–Crippen MR) is 111 cm³/mol. The van der Waals surface area contributed by atoms with Gasteiger partial charge in [0.1, 0.15) is 0 Å². The van der Waals surface area contributed by atoms with Gasteiger partial charge in [-0.1, -0.05) is 6.07 Å². The molecule has 0 aliphatic carbocycles. The molecule has 1 aliphatic heterocycles. The topological polar surface area (TPSA) is 111 Å². The van der Waals surface area contributed by atoms with E-state index in [1.165, 1.54) is 29.3 Å². The van der Waals surface area contributed by atoms with Gasteiger partial charge in [-0.25, -0.2) is 13.6 Å². The number of primary sulfonamides is 1. The van der Waals surface area contributed by atoms with Crippen LogP contribution in [0.25, 0.3) is 6.08 Å². The molecular formula is C20H21N3O5S. The summed E-state index contributed by atoms with van der Waals surface area (Å²) in [5.74, 6) is 0.869. The highest BCUT2D eigenvalue weighted by Crippen LogP contribution is 2.30. The van der Waals surface area contributed by atoms with Crippen LogP contribution in [0, 0.1) is 0 Å². The Morgan fingerprint density at radius 3 is 2.41 bits per heavy atom. The summed E-state index contributed by atoms with van der Waals surface area (Å²) < 4.78 is 33.7. The molecule has 3 rings (SSSR count). The summed E-state index contributed by atoms with van der Waals surface area (Å²) in [5, 5.41) is 10.6. The Kier molecular flexibility index (Phi) is 5.71. The minimum atomic E-state index is -3.81. The van der Waals surface area contributed by atoms with E-state index in [1.54, 1.807) is 32.2 Å². The third-order valence-electron chi connectivity index (χ3n) is 4.27. The van der Waals surface area contributed by atoms with Crippen molar-refractivity contribution in [1.29, 1.82) is 0 Å². The fourth-order valence-electron chi connectivity index (χ4n) is 2.85. The van der Waals surface area contributed by atoms with E-state index in [0.29, 0.717) is 35.1 Å². The monoisotopic (exact) mass is 415 g/mol. The summed E-state index contributed by atoms with van der Waals surface area (Å²) in [5.41, 5.74) is 2.17. The maximum absolute atomic E-state index is 12.9. The third-order valence-corrected chi connectivity index (χ3v) is 5.20. The zero-order chi connectivity index (χ0) is 21.2. The summed E-state index contributed by atoms with van der Waals surface area (Å²) in [6.07, 6.45) is 1.72. The first-order valence-corrected chi connectivity index (χ1v) is 10.3. The Bertz CT molecular complexity index is 1110. The lowest BCUT2D eigenvalue weighted by molar-refractivity contribution is -0.114. The third kappa shape index (κ3) is 4.30. The molecule has 0 atom stereocenters. The number of ether oxygens (including phenoxy) is 2. The largest absolute Gasteiger partial charge is 0.493 e. The highest BCUT2D eigenvalue weighted by molar-refractivity contribution is 7.89. The first kappa shape index (κ1) is 20.6. The average Bonchev–Trinajstić information content (AvgIpc) is 2.96. The van der Waals surface area contributed by atoms with Gasteiger partial charge in [0.05, 0.1) is 35.6 Å². The molecule has 9 heteroatoms. The van der Waals surface area contributed by atoms with Crippen LogP contribution in [0.2, 0.25) is 0 Å². The number of benzene rings is 2. The van der Waals surface area contributed by atoms with Crippen LogP contribution in [0.4, 0.5) is 5.69 Å². The molecule has 0 aromatic heterocycles. The molecule has 0 spiro atoms. The maximum Gasteiger partial charge on any atom is 0.280 e. The molecule has 1 heterocycles. The van der Waals surface area contributed by atoms with Crippen LogP contribution in [0.15, 0.2) is 58.0 Å². The second-order valence-electron chi connectivity index (χ2n) is 6.24. The Morgan fingerprint density at radius 2 is 1.83 bits per heavy atom. The number of nitrogens with zero attached hydrogens (tertiary/aromatic N) is 2. The maximum atomic E-state index is 12.9. The minimum Gasteiger partial charge on any atom is -0.493 e. The van der Waals surface area contributed by atoms with Gasteiger partial charge in [-0.3, -0.25) is 4.79 Å². The second kappa shape index (κ2) is 8.06. The second-order valence-corrected chi connectivity index (χ2v) is 7.80. The number of sulfonamides is 1. The standard InChI is InChI=1S/C20H21N3O5S/c1-4-28-19-12-14(5-10-18(19)27-3)11-17-13(2)22-23(20(17)24)15-6-8-16(9-7-15)29(21,25)26/h5-12H,4H2,1-3H3,(H2,21,25,26). The molecule has 0 radical (unpaired) electrons. The van der Waals surface area contributed by atoms with Crippen molar-refractivity contribution in [3.63, 3.8) is 0 Å². The van der Waals surface area contributed by atoms with Crippen molar-refractivity contribution < 1.29 is 22.7 Å². The van der Waals surface area contributed by atoms with Crippen molar-refractivity contribution >= 4 is 33.4 Å². The van der Waals surface area contributed by atoms with E-state index in [0.717, 1.165) is 5.56 Å². The number of amides is 1. The summed E-state index contributed by atoms with van der Waals surface area (Å²) in [4.78, 5) is 12.8. The number of carbonyl (C=O) groups excluding carboxylic acids is 1. The van der Waals surface area contributed by atoms with Gasteiger partial charge in [-0.2, -0.15) is 10.1 Å². The average molecular weight is 415 g/mol. The van der Waals surface area contributed by atoms with E-state index < -0.39 is 10.0 Å². The van der Waals surface area contributed by atoms with Crippen molar-refractivity contribution in [3.8, 4) is 11.5 Å². The van der Waals surface area contributed by atoms with Gasteiger partial charge in [-0.15, -0.1) is 0 Å². The highest BCUT2D eigenvalue weighted by atomic mass is 32.2. The first-order chi connectivity index (χ1) is 13.7. The van der Waals surface area contributed by atoms with Crippen LogP contribution in [0.1, 0.15) is 19.4 Å². The molecule has 0 saturated heterocycles. The Labute approximate surface area is 169 Å². The summed E-state index contributed by atoms with van der Waals surface area (Å²) in [7, 11) is -2.24. The van der Waals surface area contributed by atoms with Crippen molar-refractivity contribution in [2.24, 2.45) is 10.2 Å². The molecule has 8 nitrogen and oxygen atoms in total. The van der Waals surface area contributed by atoms with Gasteiger partial charge in [-0.05, 0) is 61.9 Å². The molecule has 0 bridgehead atoms. The van der Waals surface area contributed by atoms with E-state index >= 15 is 0 Å².